The summed E-state index contributed by atoms with van der Waals surface area (Å²) in [7, 11) is 1.36. The number of esters is 1. The van der Waals surface area contributed by atoms with Crippen molar-refractivity contribution in [3.8, 4) is 22.4 Å². The summed E-state index contributed by atoms with van der Waals surface area (Å²) in [5.41, 5.74) is 4.88. The number of carbonyl (C=O) groups is 1. The smallest absolute Gasteiger partial charge is 0.337 e. The first-order valence-corrected chi connectivity index (χ1v) is 8.07. The van der Waals surface area contributed by atoms with E-state index in [1.165, 1.54) is 19.2 Å². The van der Waals surface area contributed by atoms with Gasteiger partial charge < -0.3 is 4.74 Å². The standard InChI is InChI=1S/C21H15FN2O2/c1-26-21(25)17-4-2-3-16(11-17)19-13-23-20-12-15(9-10-24(19)20)14-5-7-18(22)8-6-14/h2-13H,1H3. The first kappa shape index (κ1) is 16.0. The third kappa shape index (κ3) is 2.84. The first-order valence-electron chi connectivity index (χ1n) is 8.07. The van der Waals surface area contributed by atoms with Gasteiger partial charge in [-0.05, 0) is 47.5 Å². The van der Waals surface area contributed by atoms with Gasteiger partial charge in [0.15, 0.2) is 0 Å². The first-order chi connectivity index (χ1) is 12.7. The van der Waals surface area contributed by atoms with E-state index in [4.69, 9.17) is 4.74 Å². The fourth-order valence-electron chi connectivity index (χ4n) is 2.94. The zero-order valence-corrected chi connectivity index (χ0v) is 14.0. The van der Waals surface area contributed by atoms with Crippen LogP contribution in [0.3, 0.4) is 0 Å². The highest BCUT2D eigenvalue weighted by molar-refractivity contribution is 5.90. The topological polar surface area (TPSA) is 43.6 Å². The number of pyridine rings is 1. The van der Waals surface area contributed by atoms with Gasteiger partial charge in [-0.1, -0.05) is 24.3 Å². The molecule has 0 amide bonds. The molecule has 0 N–H and O–H groups in total. The zero-order chi connectivity index (χ0) is 18.1. The zero-order valence-electron chi connectivity index (χ0n) is 14.0. The summed E-state index contributed by atoms with van der Waals surface area (Å²) < 4.78 is 19.8. The fourth-order valence-corrected chi connectivity index (χ4v) is 2.94. The van der Waals surface area contributed by atoms with Gasteiger partial charge in [0.25, 0.3) is 0 Å². The van der Waals surface area contributed by atoms with Crippen molar-refractivity contribution in [3.63, 3.8) is 0 Å². The largest absolute Gasteiger partial charge is 0.465 e. The molecule has 0 unspecified atom stereocenters. The molecule has 4 rings (SSSR count). The number of imidazole rings is 1. The molecule has 0 spiro atoms. The third-order valence-corrected chi connectivity index (χ3v) is 4.27. The number of ether oxygens (including phenoxy) is 1. The molecule has 4 aromatic rings. The minimum absolute atomic E-state index is 0.261. The molecular weight excluding hydrogens is 331 g/mol. The second-order valence-corrected chi connectivity index (χ2v) is 5.87. The van der Waals surface area contributed by atoms with Gasteiger partial charge in [-0.15, -0.1) is 0 Å². The van der Waals surface area contributed by atoms with E-state index in [-0.39, 0.29) is 11.8 Å². The van der Waals surface area contributed by atoms with Crippen LogP contribution >= 0.6 is 0 Å². The maximum Gasteiger partial charge on any atom is 0.337 e. The van der Waals surface area contributed by atoms with Gasteiger partial charge >= 0.3 is 5.97 Å². The molecule has 2 aromatic heterocycles. The number of rotatable bonds is 3. The van der Waals surface area contributed by atoms with E-state index in [0.29, 0.717) is 5.56 Å². The predicted octanol–water partition coefficient (Wildman–Crippen LogP) is 4.59. The van der Waals surface area contributed by atoms with Crippen LogP contribution in [0.1, 0.15) is 10.4 Å². The average Bonchev–Trinajstić information content (AvgIpc) is 3.11. The molecule has 0 aliphatic heterocycles. The SMILES string of the molecule is COC(=O)c1cccc(-c2cnc3cc(-c4ccc(F)cc4)ccn23)c1. The van der Waals surface area contributed by atoms with E-state index in [1.54, 1.807) is 30.5 Å². The van der Waals surface area contributed by atoms with E-state index in [2.05, 4.69) is 4.98 Å². The number of halogens is 1. The Morgan fingerprint density at radius 2 is 1.81 bits per heavy atom. The Balaban J connectivity index is 1.76. The van der Waals surface area contributed by atoms with E-state index >= 15 is 0 Å². The van der Waals surface area contributed by atoms with Crippen molar-refractivity contribution in [2.75, 3.05) is 7.11 Å². The van der Waals surface area contributed by atoms with Gasteiger partial charge in [-0.2, -0.15) is 0 Å². The Bertz CT molecular complexity index is 1100. The van der Waals surface area contributed by atoms with Crippen molar-refractivity contribution in [1.82, 2.24) is 9.38 Å². The van der Waals surface area contributed by atoms with Crippen molar-refractivity contribution >= 4 is 11.6 Å². The molecule has 0 aliphatic rings. The van der Waals surface area contributed by atoms with Crippen LogP contribution in [0.5, 0.6) is 0 Å². The van der Waals surface area contributed by atoms with E-state index < -0.39 is 0 Å². The highest BCUT2D eigenvalue weighted by Crippen LogP contribution is 2.26. The van der Waals surface area contributed by atoms with Gasteiger partial charge in [0, 0.05) is 11.8 Å². The summed E-state index contributed by atoms with van der Waals surface area (Å²) >= 11 is 0. The monoisotopic (exact) mass is 346 g/mol. The molecule has 0 saturated carbocycles. The lowest BCUT2D eigenvalue weighted by molar-refractivity contribution is 0.0601. The molecule has 0 bridgehead atoms. The number of nitrogens with zero attached hydrogens (tertiary/aromatic N) is 2. The summed E-state index contributed by atoms with van der Waals surface area (Å²) in [6, 6.07) is 17.5. The molecule has 5 heteroatoms. The van der Waals surface area contributed by atoms with Crippen LogP contribution in [0.2, 0.25) is 0 Å². The molecule has 0 saturated heterocycles. The van der Waals surface area contributed by atoms with Crippen molar-refractivity contribution in [2.45, 2.75) is 0 Å². The molecule has 0 fully saturated rings. The summed E-state index contributed by atoms with van der Waals surface area (Å²) in [5.74, 6) is -0.636. The Labute approximate surface area is 149 Å². The number of aromatic nitrogens is 2. The quantitative estimate of drug-likeness (QED) is 0.510. The highest BCUT2D eigenvalue weighted by atomic mass is 19.1. The molecule has 0 radical (unpaired) electrons. The lowest BCUT2D eigenvalue weighted by Crippen LogP contribution is -2.01. The molecule has 4 nitrogen and oxygen atoms in total. The lowest BCUT2D eigenvalue weighted by Gasteiger charge is -2.06. The second kappa shape index (κ2) is 6.44. The highest BCUT2D eigenvalue weighted by Gasteiger charge is 2.11. The van der Waals surface area contributed by atoms with E-state index in [9.17, 15) is 9.18 Å². The minimum atomic E-state index is -0.376. The summed E-state index contributed by atoms with van der Waals surface area (Å²) in [4.78, 5) is 16.2. The van der Waals surface area contributed by atoms with Crippen LogP contribution in [0.4, 0.5) is 4.39 Å². The van der Waals surface area contributed by atoms with Crippen LogP contribution < -0.4 is 0 Å². The fraction of sp³-hybridized carbons (Fsp3) is 0.0476. The van der Waals surface area contributed by atoms with Gasteiger partial charge in [-0.25, -0.2) is 14.2 Å². The Morgan fingerprint density at radius 3 is 2.58 bits per heavy atom. The number of carbonyl (C=O) groups excluding carboxylic acids is 1. The second-order valence-electron chi connectivity index (χ2n) is 5.87. The van der Waals surface area contributed by atoms with Crippen LogP contribution in [0.15, 0.2) is 73.1 Å². The minimum Gasteiger partial charge on any atom is -0.465 e. The lowest BCUT2D eigenvalue weighted by atomic mass is 10.1. The maximum absolute atomic E-state index is 13.1. The van der Waals surface area contributed by atoms with Gasteiger partial charge in [-0.3, -0.25) is 4.40 Å². The van der Waals surface area contributed by atoms with Crippen molar-refractivity contribution in [1.29, 1.82) is 0 Å². The number of hydrogen-bond donors (Lipinski definition) is 0. The van der Waals surface area contributed by atoms with Gasteiger partial charge in [0.2, 0.25) is 0 Å². The van der Waals surface area contributed by atoms with E-state index in [1.807, 2.05) is 34.9 Å². The van der Waals surface area contributed by atoms with Gasteiger partial charge in [0.05, 0.1) is 24.6 Å². The Kier molecular flexibility index (Phi) is 3.97. The molecule has 26 heavy (non-hydrogen) atoms. The van der Waals surface area contributed by atoms with Crippen LogP contribution in [-0.2, 0) is 4.74 Å². The summed E-state index contributed by atoms with van der Waals surface area (Å²) in [6.45, 7) is 0. The summed E-state index contributed by atoms with van der Waals surface area (Å²) in [5, 5.41) is 0. The number of methoxy groups -OCH3 is 1. The normalized spacial score (nSPS) is 10.8. The Morgan fingerprint density at radius 1 is 1.00 bits per heavy atom. The molecular formula is C21H15FN2O2. The predicted molar refractivity (Wildman–Crippen MR) is 97.4 cm³/mol. The van der Waals surface area contributed by atoms with Crippen LogP contribution in [0.25, 0.3) is 28.0 Å². The van der Waals surface area contributed by atoms with Crippen LogP contribution in [-0.4, -0.2) is 22.5 Å². The number of fused-ring (bicyclic) bond motifs is 1. The Hall–Kier alpha value is -3.47. The van der Waals surface area contributed by atoms with E-state index in [0.717, 1.165) is 28.0 Å². The third-order valence-electron chi connectivity index (χ3n) is 4.27. The average molecular weight is 346 g/mol. The maximum atomic E-state index is 13.1. The van der Waals surface area contributed by atoms with Crippen molar-refractivity contribution < 1.29 is 13.9 Å². The molecule has 128 valence electrons. The number of benzene rings is 2. The molecule has 2 aromatic carbocycles. The molecule has 0 atom stereocenters. The number of hydrogen-bond acceptors (Lipinski definition) is 3. The van der Waals surface area contributed by atoms with Crippen molar-refractivity contribution in [3.05, 3.63) is 84.4 Å². The summed E-state index contributed by atoms with van der Waals surface area (Å²) in [6.07, 6.45) is 3.68. The van der Waals surface area contributed by atoms with Crippen molar-refractivity contribution in [2.24, 2.45) is 0 Å². The molecule has 2 heterocycles. The van der Waals surface area contributed by atoms with Gasteiger partial charge in [0.1, 0.15) is 11.5 Å². The van der Waals surface area contributed by atoms with Crippen LogP contribution in [0, 0.1) is 5.82 Å². The molecule has 0 aliphatic carbocycles.